The summed E-state index contributed by atoms with van der Waals surface area (Å²) >= 11 is 0. The average molecular weight is 375 g/mol. The Morgan fingerprint density at radius 3 is 2.50 bits per heavy atom. The highest BCUT2D eigenvalue weighted by molar-refractivity contribution is 7.89. The van der Waals surface area contributed by atoms with E-state index in [0.717, 1.165) is 19.4 Å². The molecule has 0 radical (unpaired) electrons. The van der Waals surface area contributed by atoms with Crippen LogP contribution in [-0.2, 0) is 16.4 Å². The minimum atomic E-state index is -3.07. The van der Waals surface area contributed by atoms with Crippen LogP contribution in [0.5, 0.6) is 0 Å². The molecule has 0 spiro atoms. The van der Waals surface area contributed by atoms with E-state index in [2.05, 4.69) is 35.2 Å². The number of fused-ring (bicyclic) bond motifs is 1. The van der Waals surface area contributed by atoms with Gasteiger partial charge < -0.3 is 4.90 Å². The summed E-state index contributed by atoms with van der Waals surface area (Å²) in [5.74, 6) is 1.03. The quantitative estimate of drug-likeness (QED) is 0.768. The molecule has 1 aromatic carbocycles. The van der Waals surface area contributed by atoms with Crippen LogP contribution in [0.4, 0.5) is 0 Å². The summed E-state index contributed by atoms with van der Waals surface area (Å²) in [5, 5.41) is 0. The second kappa shape index (κ2) is 7.45. The summed E-state index contributed by atoms with van der Waals surface area (Å²) in [7, 11) is -3.07. The first-order valence-corrected chi connectivity index (χ1v) is 11.7. The zero-order chi connectivity index (χ0) is 18.1. The van der Waals surface area contributed by atoms with Gasteiger partial charge >= 0.3 is 0 Å². The van der Waals surface area contributed by atoms with Crippen molar-refractivity contribution >= 4 is 15.6 Å². The Morgan fingerprint density at radius 2 is 1.81 bits per heavy atom. The maximum atomic E-state index is 12.2. The summed E-state index contributed by atoms with van der Waals surface area (Å²) in [4.78, 5) is 2.55. The monoisotopic (exact) mass is 374 g/mol. The van der Waals surface area contributed by atoms with E-state index in [1.54, 1.807) is 11.2 Å². The topological polar surface area (TPSA) is 40.6 Å². The van der Waals surface area contributed by atoms with E-state index < -0.39 is 10.0 Å². The second-order valence-corrected chi connectivity index (χ2v) is 10.2. The lowest BCUT2D eigenvalue weighted by Gasteiger charge is -2.17. The average Bonchev–Trinajstić information content (AvgIpc) is 3.37. The van der Waals surface area contributed by atoms with Crippen molar-refractivity contribution in [1.82, 2.24) is 9.21 Å². The van der Waals surface area contributed by atoms with Gasteiger partial charge in [0.15, 0.2) is 0 Å². The molecule has 2 unspecified atom stereocenters. The van der Waals surface area contributed by atoms with Gasteiger partial charge in [-0.2, -0.15) is 0 Å². The minimum Gasteiger partial charge on any atom is -0.303 e. The Hall–Kier alpha value is -1.17. The van der Waals surface area contributed by atoms with E-state index in [1.165, 1.54) is 42.6 Å². The summed E-state index contributed by atoms with van der Waals surface area (Å²) in [5.41, 5.74) is 4.03. The third-order valence-corrected chi connectivity index (χ3v) is 8.22. The van der Waals surface area contributed by atoms with E-state index in [-0.39, 0.29) is 5.75 Å². The fourth-order valence-electron chi connectivity index (χ4n) is 4.75. The zero-order valence-corrected chi connectivity index (χ0v) is 16.5. The molecule has 2 aliphatic heterocycles. The summed E-state index contributed by atoms with van der Waals surface area (Å²) in [6.45, 7) is 6.76. The highest BCUT2D eigenvalue weighted by Crippen LogP contribution is 2.43. The van der Waals surface area contributed by atoms with Crippen molar-refractivity contribution in [2.75, 3.05) is 38.5 Å². The number of nitrogens with zero attached hydrogens (tertiary/aromatic N) is 2. The molecule has 0 bridgehead atoms. The molecule has 0 aromatic heterocycles. The fourth-order valence-corrected chi connectivity index (χ4v) is 5.92. The summed E-state index contributed by atoms with van der Waals surface area (Å²) < 4.78 is 26.1. The van der Waals surface area contributed by atoms with Crippen LogP contribution in [0.15, 0.2) is 30.3 Å². The van der Waals surface area contributed by atoms with Gasteiger partial charge in [0.05, 0.1) is 5.75 Å². The van der Waals surface area contributed by atoms with E-state index in [1.807, 2.05) is 0 Å². The van der Waals surface area contributed by atoms with Gasteiger partial charge in [0.1, 0.15) is 0 Å². The van der Waals surface area contributed by atoms with Crippen LogP contribution < -0.4 is 0 Å². The Morgan fingerprint density at radius 1 is 1.08 bits per heavy atom. The van der Waals surface area contributed by atoms with Crippen molar-refractivity contribution in [2.45, 2.75) is 32.6 Å². The molecule has 0 amide bonds. The number of allylic oxidation sites excluding steroid dienone is 1. The van der Waals surface area contributed by atoms with Gasteiger partial charge in [0, 0.05) is 25.6 Å². The van der Waals surface area contributed by atoms with Crippen LogP contribution >= 0.6 is 0 Å². The molecular formula is C21H30N2O2S. The van der Waals surface area contributed by atoms with E-state index >= 15 is 0 Å². The third-order valence-electron chi connectivity index (χ3n) is 6.41. The number of sulfonamides is 1. The normalized spacial score (nSPS) is 27.0. The number of hydrogen-bond acceptors (Lipinski definition) is 3. The standard InChI is InChI=1S/C21H30N2O2S/c1-2-26(24,25)23-15-19-9-10-20(21(19)16-23)18-7-5-17(6-8-18)11-14-22-12-3-4-13-22/h5-8,10,19,21H,2-4,9,11-16H2,1H3. The van der Waals surface area contributed by atoms with E-state index in [4.69, 9.17) is 0 Å². The molecule has 5 heteroatoms. The van der Waals surface area contributed by atoms with E-state index in [0.29, 0.717) is 24.9 Å². The first-order valence-electron chi connectivity index (χ1n) is 10.1. The first-order chi connectivity index (χ1) is 12.6. The second-order valence-electron chi connectivity index (χ2n) is 7.97. The maximum absolute atomic E-state index is 12.2. The molecule has 1 aromatic rings. The molecule has 0 saturated carbocycles. The first kappa shape index (κ1) is 18.2. The summed E-state index contributed by atoms with van der Waals surface area (Å²) in [6.07, 6.45) is 7.16. The number of likely N-dealkylation sites (tertiary alicyclic amines) is 1. The molecule has 142 valence electrons. The lowest BCUT2D eigenvalue weighted by molar-refractivity contribution is 0.343. The SMILES string of the molecule is CCS(=O)(=O)N1CC2CC=C(c3ccc(CCN4CCCC4)cc3)C2C1. The highest BCUT2D eigenvalue weighted by atomic mass is 32.2. The largest absolute Gasteiger partial charge is 0.303 e. The predicted octanol–water partition coefficient (Wildman–Crippen LogP) is 3.01. The number of benzene rings is 1. The molecule has 0 N–H and O–H groups in total. The van der Waals surface area contributed by atoms with Crippen molar-refractivity contribution in [1.29, 1.82) is 0 Å². The van der Waals surface area contributed by atoms with Gasteiger partial charge in [-0.05, 0) is 68.3 Å². The van der Waals surface area contributed by atoms with E-state index in [9.17, 15) is 8.42 Å². The van der Waals surface area contributed by atoms with Gasteiger partial charge in [-0.25, -0.2) is 12.7 Å². The number of rotatable bonds is 6. The molecule has 4 rings (SSSR count). The summed E-state index contributed by atoms with van der Waals surface area (Å²) in [6, 6.07) is 9.00. The molecule has 26 heavy (non-hydrogen) atoms. The molecule has 2 atom stereocenters. The molecule has 2 heterocycles. The zero-order valence-electron chi connectivity index (χ0n) is 15.7. The van der Waals surface area contributed by atoms with Crippen LogP contribution in [0.3, 0.4) is 0 Å². The van der Waals surface area contributed by atoms with Gasteiger partial charge in [-0.15, -0.1) is 0 Å². The van der Waals surface area contributed by atoms with Gasteiger partial charge in [-0.1, -0.05) is 30.3 Å². The Bertz CT molecular complexity index is 764. The number of hydrogen-bond donors (Lipinski definition) is 0. The Kier molecular flexibility index (Phi) is 5.22. The van der Waals surface area contributed by atoms with Crippen molar-refractivity contribution in [3.05, 3.63) is 41.5 Å². The lowest BCUT2D eigenvalue weighted by Crippen LogP contribution is -2.30. The van der Waals surface area contributed by atoms with Crippen molar-refractivity contribution in [3.8, 4) is 0 Å². The van der Waals surface area contributed by atoms with Crippen LogP contribution in [0.25, 0.3) is 5.57 Å². The molecule has 2 saturated heterocycles. The molecule has 4 nitrogen and oxygen atoms in total. The fraction of sp³-hybridized carbons (Fsp3) is 0.619. The predicted molar refractivity (Wildman–Crippen MR) is 106 cm³/mol. The Labute approximate surface area is 157 Å². The van der Waals surface area contributed by atoms with Crippen LogP contribution in [-0.4, -0.2) is 56.1 Å². The highest BCUT2D eigenvalue weighted by Gasteiger charge is 2.42. The molecule has 3 aliphatic rings. The smallest absolute Gasteiger partial charge is 0.213 e. The van der Waals surface area contributed by atoms with Crippen molar-refractivity contribution < 1.29 is 8.42 Å². The van der Waals surface area contributed by atoms with Crippen LogP contribution in [0.1, 0.15) is 37.3 Å². The van der Waals surface area contributed by atoms with Gasteiger partial charge in [-0.3, -0.25) is 0 Å². The third kappa shape index (κ3) is 3.62. The van der Waals surface area contributed by atoms with Crippen molar-refractivity contribution in [2.24, 2.45) is 11.8 Å². The van der Waals surface area contributed by atoms with Crippen molar-refractivity contribution in [3.63, 3.8) is 0 Å². The lowest BCUT2D eigenvalue weighted by atomic mass is 9.90. The van der Waals surface area contributed by atoms with Crippen LogP contribution in [0, 0.1) is 11.8 Å². The van der Waals surface area contributed by atoms with Gasteiger partial charge in [0.2, 0.25) is 10.0 Å². The molecule has 1 aliphatic carbocycles. The maximum Gasteiger partial charge on any atom is 0.213 e. The Balaban J connectivity index is 1.40. The molecule has 2 fully saturated rings. The van der Waals surface area contributed by atoms with Gasteiger partial charge in [0.25, 0.3) is 0 Å². The minimum absolute atomic E-state index is 0.206. The molecular weight excluding hydrogens is 344 g/mol. The van der Waals surface area contributed by atoms with Crippen LogP contribution in [0.2, 0.25) is 0 Å².